The van der Waals surface area contributed by atoms with Gasteiger partial charge in [-0.05, 0) is 19.3 Å². The van der Waals surface area contributed by atoms with Gasteiger partial charge in [0.05, 0.1) is 24.9 Å². The lowest BCUT2D eigenvalue weighted by atomic mass is 9.72. The summed E-state index contributed by atoms with van der Waals surface area (Å²) in [5, 5.41) is 32.0. The van der Waals surface area contributed by atoms with Crippen LogP contribution in [-0.2, 0) is 14.4 Å². The maximum Gasteiger partial charge on any atom is 0.317 e. The highest BCUT2D eigenvalue weighted by atomic mass is 32.2. The van der Waals surface area contributed by atoms with Crippen molar-refractivity contribution in [1.82, 2.24) is 10.6 Å². The lowest BCUT2D eigenvalue weighted by Gasteiger charge is -2.29. The molecule has 1 unspecified atom stereocenters. The first-order valence-electron chi connectivity index (χ1n) is 12.1. The van der Waals surface area contributed by atoms with E-state index in [1.54, 1.807) is 24.3 Å². The predicted octanol–water partition coefficient (Wildman–Crippen LogP) is 3.40. The van der Waals surface area contributed by atoms with E-state index in [0.717, 1.165) is 18.6 Å². The highest BCUT2D eigenvalue weighted by Gasteiger charge is 2.46. The molecular formula is C25H34N2O8S. The van der Waals surface area contributed by atoms with Crippen molar-refractivity contribution in [3.05, 3.63) is 35.9 Å². The van der Waals surface area contributed by atoms with Gasteiger partial charge in [0.2, 0.25) is 0 Å². The van der Waals surface area contributed by atoms with Crippen LogP contribution in [0.25, 0.3) is 0 Å². The highest BCUT2D eigenvalue weighted by Crippen LogP contribution is 2.38. The largest absolute Gasteiger partial charge is 0.481 e. The Balaban J connectivity index is 0.000000493. The molecule has 5 N–H and O–H groups in total. The number of hydrogen-bond donors (Lipinski definition) is 5. The number of ketones is 1. The van der Waals surface area contributed by atoms with E-state index in [1.807, 2.05) is 24.8 Å². The third-order valence-electron chi connectivity index (χ3n) is 6.42. The molecule has 198 valence electrons. The minimum atomic E-state index is -1.38. The molecule has 4 atom stereocenters. The number of benzene rings is 1. The van der Waals surface area contributed by atoms with Gasteiger partial charge in [-0.1, -0.05) is 56.5 Å². The van der Waals surface area contributed by atoms with Crippen LogP contribution in [0.2, 0.25) is 0 Å². The number of fused-ring (bicyclic) bond motifs is 1. The SMILES string of the molecule is CCCCC(CCC[C@@H]1SC[C@@H]2NC(=O)N[C@@H]21)(C(=O)O)C(=O)c1ccccc1.O=C(O)CCC(=O)O. The number of unbranched alkanes of at least 4 members (excludes halogenated alkanes) is 1. The Morgan fingerprint density at radius 1 is 0.972 bits per heavy atom. The van der Waals surface area contributed by atoms with E-state index in [-0.39, 0.29) is 42.0 Å². The monoisotopic (exact) mass is 522 g/mol. The van der Waals surface area contributed by atoms with Gasteiger partial charge in [0, 0.05) is 16.6 Å². The van der Waals surface area contributed by atoms with Crippen molar-refractivity contribution in [2.75, 3.05) is 5.75 Å². The number of carbonyl (C=O) groups is 5. The maximum absolute atomic E-state index is 13.2. The first-order valence-corrected chi connectivity index (χ1v) is 13.1. The van der Waals surface area contributed by atoms with Crippen molar-refractivity contribution < 1.29 is 39.3 Å². The number of carbonyl (C=O) groups excluding carboxylic acids is 2. The fraction of sp³-hybridized carbons (Fsp3) is 0.560. The Morgan fingerprint density at radius 3 is 2.14 bits per heavy atom. The number of carboxylic acid groups (broad SMARTS) is 3. The number of amides is 2. The Hall–Kier alpha value is -3.08. The summed E-state index contributed by atoms with van der Waals surface area (Å²) in [6, 6.07) is 8.88. The average molecular weight is 523 g/mol. The maximum atomic E-state index is 13.2. The summed E-state index contributed by atoms with van der Waals surface area (Å²) >= 11 is 1.81. The summed E-state index contributed by atoms with van der Waals surface area (Å²) in [5.74, 6) is -2.60. The molecule has 0 aliphatic carbocycles. The van der Waals surface area contributed by atoms with Crippen molar-refractivity contribution in [2.24, 2.45) is 5.41 Å². The van der Waals surface area contributed by atoms with Gasteiger partial charge in [-0.2, -0.15) is 11.8 Å². The van der Waals surface area contributed by atoms with Crippen LogP contribution >= 0.6 is 11.8 Å². The second-order valence-corrected chi connectivity index (χ2v) is 10.3. The molecule has 1 aromatic carbocycles. The van der Waals surface area contributed by atoms with E-state index in [0.29, 0.717) is 31.2 Å². The van der Waals surface area contributed by atoms with Crippen LogP contribution in [0.3, 0.4) is 0 Å². The number of Topliss-reactive ketones (excluding diaryl/α,β-unsaturated/α-hetero) is 1. The molecule has 36 heavy (non-hydrogen) atoms. The molecule has 2 aliphatic rings. The molecule has 0 aromatic heterocycles. The Kier molecular flexibility index (Phi) is 11.2. The van der Waals surface area contributed by atoms with Gasteiger partial charge in [-0.25, -0.2) is 4.79 Å². The number of hydrogen-bond acceptors (Lipinski definition) is 6. The average Bonchev–Trinajstić information content (AvgIpc) is 3.39. The minimum absolute atomic E-state index is 0.0946. The first-order chi connectivity index (χ1) is 17.1. The topological polar surface area (TPSA) is 170 Å². The van der Waals surface area contributed by atoms with Crippen molar-refractivity contribution in [2.45, 2.75) is 75.6 Å². The zero-order valence-corrected chi connectivity index (χ0v) is 21.1. The van der Waals surface area contributed by atoms with E-state index in [4.69, 9.17) is 10.2 Å². The van der Waals surface area contributed by atoms with Crippen LogP contribution in [0.5, 0.6) is 0 Å². The molecule has 2 fully saturated rings. The van der Waals surface area contributed by atoms with Crippen molar-refractivity contribution in [3.63, 3.8) is 0 Å². The summed E-state index contributed by atoms with van der Waals surface area (Å²) in [6.45, 7) is 2.00. The summed E-state index contributed by atoms with van der Waals surface area (Å²) in [7, 11) is 0. The number of urea groups is 1. The summed E-state index contributed by atoms with van der Waals surface area (Å²) in [4.78, 5) is 56.3. The normalized spacial score (nSPS) is 21.7. The number of aliphatic carboxylic acids is 3. The van der Waals surface area contributed by atoms with Gasteiger partial charge in [-0.15, -0.1) is 0 Å². The minimum Gasteiger partial charge on any atom is -0.481 e. The fourth-order valence-electron chi connectivity index (χ4n) is 4.47. The van der Waals surface area contributed by atoms with Gasteiger partial charge in [-0.3, -0.25) is 19.2 Å². The number of carboxylic acids is 3. The first kappa shape index (κ1) is 29.2. The van der Waals surface area contributed by atoms with Gasteiger partial charge in [0.15, 0.2) is 5.78 Å². The molecule has 0 radical (unpaired) electrons. The zero-order valence-electron chi connectivity index (χ0n) is 20.3. The van der Waals surface area contributed by atoms with Gasteiger partial charge in [0.1, 0.15) is 5.41 Å². The molecule has 2 heterocycles. The van der Waals surface area contributed by atoms with E-state index in [2.05, 4.69) is 10.6 Å². The number of thioether (sulfide) groups is 1. The Labute approximate surface area is 214 Å². The van der Waals surface area contributed by atoms with Crippen LogP contribution in [-0.4, -0.2) is 68.1 Å². The van der Waals surface area contributed by atoms with Crippen molar-refractivity contribution in [3.8, 4) is 0 Å². The second kappa shape index (κ2) is 13.9. The van der Waals surface area contributed by atoms with E-state index < -0.39 is 23.3 Å². The molecule has 3 rings (SSSR count). The zero-order chi connectivity index (χ0) is 26.7. The van der Waals surface area contributed by atoms with Gasteiger partial charge >= 0.3 is 23.9 Å². The highest BCUT2D eigenvalue weighted by molar-refractivity contribution is 8.00. The standard InChI is InChI=1S/C21H28N2O4S.C4H6O4/c1-2-3-11-21(19(25)26,18(24)14-8-5-4-6-9-14)12-7-10-16-17-15(13-28-16)22-20(27)23-17;5-3(6)1-2-4(7)8/h4-6,8-9,15-17H,2-3,7,10-13H2,1H3,(H,25,26)(H2,22,23,27);1-2H2,(H,5,6)(H,7,8)/t15-,16-,17-,21?;/m0./s1. The smallest absolute Gasteiger partial charge is 0.317 e. The molecule has 0 saturated carbocycles. The van der Waals surface area contributed by atoms with Crippen LogP contribution < -0.4 is 10.6 Å². The van der Waals surface area contributed by atoms with Gasteiger partial charge in [0.25, 0.3) is 0 Å². The summed E-state index contributed by atoms with van der Waals surface area (Å²) < 4.78 is 0. The van der Waals surface area contributed by atoms with E-state index >= 15 is 0 Å². The molecule has 0 bridgehead atoms. The van der Waals surface area contributed by atoms with E-state index in [1.165, 1.54) is 0 Å². The lowest BCUT2D eigenvalue weighted by molar-refractivity contribution is -0.147. The summed E-state index contributed by atoms with van der Waals surface area (Å²) in [6.07, 6.45) is 3.07. The molecule has 10 nitrogen and oxygen atoms in total. The molecule has 0 spiro atoms. The molecular weight excluding hydrogens is 488 g/mol. The van der Waals surface area contributed by atoms with Crippen molar-refractivity contribution >= 4 is 41.5 Å². The molecule has 2 saturated heterocycles. The number of rotatable bonds is 13. The van der Waals surface area contributed by atoms with Crippen LogP contribution in [0.1, 0.15) is 68.6 Å². The van der Waals surface area contributed by atoms with E-state index in [9.17, 15) is 29.1 Å². The Morgan fingerprint density at radius 2 is 1.58 bits per heavy atom. The summed E-state index contributed by atoms with van der Waals surface area (Å²) in [5.41, 5.74) is -0.916. The molecule has 11 heteroatoms. The predicted molar refractivity (Wildman–Crippen MR) is 134 cm³/mol. The third-order valence-corrected chi connectivity index (χ3v) is 7.93. The van der Waals surface area contributed by atoms with Crippen LogP contribution in [0, 0.1) is 5.41 Å². The molecule has 2 aliphatic heterocycles. The second-order valence-electron chi connectivity index (χ2n) is 8.99. The van der Waals surface area contributed by atoms with Crippen LogP contribution in [0.15, 0.2) is 30.3 Å². The third kappa shape index (κ3) is 7.97. The Bertz CT molecular complexity index is 927. The quantitative estimate of drug-likeness (QED) is 0.148. The van der Waals surface area contributed by atoms with Gasteiger partial charge < -0.3 is 26.0 Å². The van der Waals surface area contributed by atoms with Crippen molar-refractivity contribution in [1.29, 1.82) is 0 Å². The lowest BCUT2D eigenvalue weighted by Crippen LogP contribution is -2.40. The number of nitrogens with one attached hydrogen (secondary N) is 2. The van der Waals surface area contributed by atoms with Crippen LogP contribution in [0.4, 0.5) is 4.79 Å². The molecule has 2 amide bonds. The molecule has 1 aromatic rings. The fourth-order valence-corrected chi connectivity index (χ4v) is 6.01.